The van der Waals surface area contributed by atoms with Crippen LogP contribution in [0, 0.1) is 6.92 Å². The van der Waals surface area contributed by atoms with E-state index < -0.39 is 0 Å². The fourth-order valence-corrected chi connectivity index (χ4v) is 2.24. The molecule has 15 heavy (non-hydrogen) atoms. The van der Waals surface area contributed by atoms with Gasteiger partial charge in [0.05, 0.1) is 0 Å². The van der Waals surface area contributed by atoms with Crippen molar-refractivity contribution in [2.75, 3.05) is 0 Å². The average Bonchev–Trinajstić information content (AvgIpc) is 2.80. The van der Waals surface area contributed by atoms with Crippen LogP contribution < -0.4 is 0 Å². The summed E-state index contributed by atoms with van der Waals surface area (Å²) in [5, 5.41) is 0. The molecule has 0 heteroatoms. The van der Waals surface area contributed by atoms with Gasteiger partial charge in [0.2, 0.25) is 0 Å². The SMILES string of the molecule is CC.Cc1cccc2c1C1=C(C=C=C1)C2. The molecule has 0 saturated carbocycles. The Kier molecular flexibility index (Phi) is 2.62. The first-order valence-electron chi connectivity index (χ1n) is 5.61. The smallest absolute Gasteiger partial charge is 0.000699 e. The highest BCUT2D eigenvalue weighted by Crippen LogP contribution is 2.38. The van der Waals surface area contributed by atoms with Gasteiger partial charge in [0.25, 0.3) is 0 Å². The van der Waals surface area contributed by atoms with E-state index in [1.54, 1.807) is 0 Å². The number of fused-ring (bicyclic) bond motifs is 2. The summed E-state index contributed by atoms with van der Waals surface area (Å²) in [6.07, 6.45) is 5.30. The van der Waals surface area contributed by atoms with Crippen LogP contribution >= 0.6 is 0 Å². The molecule has 0 heterocycles. The lowest BCUT2D eigenvalue weighted by Crippen LogP contribution is -1.87. The van der Waals surface area contributed by atoms with Crippen LogP contribution in [0.2, 0.25) is 0 Å². The molecular weight excluding hydrogens is 180 g/mol. The Balaban J connectivity index is 0.000000404. The van der Waals surface area contributed by atoms with Gasteiger partial charge in [-0.1, -0.05) is 32.0 Å². The summed E-state index contributed by atoms with van der Waals surface area (Å²) in [7, 11) is 0. The minimum Gasteiger partial charge on any atom is -0.120 e. The number of hydrogen-bond acceptors (Lipinski definition) is 0. The summed E-state index contributed by atoms with van der Waals surface area (Å²) >= 11 is 0. The molecule has 0 fully saturated rings. The largest absolute Gasteiger partial charge is 0.120 e. The van der Waals surface area contributed by atoms with Crippen molar-refractivity contribution in [1.29, 1.82) is 0 Å². The zero-order valence-corrected chi connectivity index (χ0v) is 9.59. The van der Waals surface area contributed by atoms with Gasteiger partial charge in [0.1, 0.15) is 0 Å². The second-order valence-corrected chi connectivity index (χ2v) is 3.68. The molecule has 3 rings (SSSR count). The van der Waals surface area contributed by atoms with Gasteiger partial charge in [-0.3, -0.25) is 0 Å². The van der Waals surface area contributed by atoms with Crippen LogP contribution in [0.25, 0.3) is 5.57 Å². The Morgan fingerprint density at radius 2 is 1.93 bits per heavy atom. The first kappa shape index (κ1) is 10.0. The maximum atomic E-state index is 3.17. The van der Waals surface area contributed by atoms with E-state index in [9.17, 15) is 0 Å². The maximum Gasteiger partial charge on any atom is -0.000699 e. The van der Waals surface area contributed by atoms with E-state index in [1.165, 1.54) is 27.8 Å². The minimum absolute atomic E-state index is 1.09. The van der Waals surface area contributed by atoms with Gasteiger partial charge in [0, 0.05) is 0 Å². The van der Waals surface area contributed by atoms with Gasteiger partial charge in [-0.05, 0) is 53.3 Å². The van der Waals surface area contributed by atoms with Gasteiger partial charge in [-0.25, -0.2) is 0 Å². The average molecular weight is 196 g/mol. The number of rotatable bonds is 0. The van der Waals surface area contributed by atoms with Gasteiger partial charge in [-0.2, -0.15) is 0 Å². The second-order valence-electron chi connectivity index (χ2n) is 3.68. The Morgan fingerprint density at radius 1 is 1.13 bits per heavy atom. The van der Waals surface area contributed by atoms with Crippen LogP contribution in [0.15, 0.2) is 41.7 Å². The summed E-state index contributed by atoms with van der Waals surface area (Å²) < 4.78 is 0. The van der Waals surface area contributed by atoms with Crippen LogP contribution in [0.1, 0.15) is 30.5 Å². The molecule has 0 unspecified atom stereocenters. The number of aryl methyl sites for hydroxylation is 1. The third kappa shape index (κ3) is 1.48. The van der Waals surface area contributed by atoms with Crippen molar-refractivity contribution >= 4 is 5.57 Å². The van der Waals surface area contributed by atoms with E-state index in [0.717, 1.165) is 6.42 Å². The zero-order chi connectivity index (χ0) is 10.8. The van der Waals surface area contributed by atoms with Gasteiger partial charge < -0.3 is 0 Å². The van der Waals surface area contributed by atoms with E-state index in [2.05, 4.69) is 43.0 Å². The van der Waals surface area contributed by atoms with E-state index in [1.807, 2.05) is 13.8 Å². The van der Waals surface area contributed by atoms with Crippen LogP contribution in [0.5, 0.6) is 0 Å². The molecule has 0 nitrogen and oxygen atoms in total. The zero-order valence-electron chi connectivity index (χ0n) is 9.59. The van der Waals surface area contributed by atoms with Crippen molar-refractivity contribution in [1.82, 2.24) is 0 Å². The van der Waals surface area contributed by atoms with Crippen molar-refractivity contribution in [3.8, 4) is 0 Å². The fourth-order valence-electron chi connectivity index (χ4n) is 2.24. The normalized spacial score (nSPS) is 14.9. The molecule has 1 aromatic carbocycles. The molecule has 2 aliphatic rings. The topological polar surface area (TPSA) is 0 Å². The second kappa shape index (κ2) is 3.92. The Labute approximate surface area is 91.6 Å². The van der Waals surface area contributed by atoms with Crippen molar-refractivity contribution < 1.29 is 0 Å². The van der Waals surface area contributed by atoms with Crippen molar-refractivity contribution in [3.63, 3.8) is 0 Å². The lowest BCUT2D eigenvalue weighted by molar-refractivity contribution is 1.23. The van der Waals surface area contributed by atoms with Gasteiger partial charge in [0.15, 0.2) is 0 Å². The van der Waals surface area contributed by atoms with E-state index >= 15 is 0 Å². The molecule has 0 N–H and O–H groups in total. The standard InChI is InChI=1S/C13H10.C2H6/c1-9-4-2-6-11-8-10-5-3-7-12(10)13(9)11;1-2/h2,4-7H,8H2,1H3;1-2H3. The summed E-state index contributed by atoms with van der Waals surface area (Å²) in [5.41, 5.74) is 10.3. The Morgan fingerprint density at radius 3 is 2.73 bits per heavy atom. The molecule has 0 bridgehead atoms. The third-order valence-corrected chi connectivity index (χ3v) is 2.84. The van der Waals surface area contributed by atoms with Gasteiger partial charge >= 0.3 is 0 Å². The molecule has 2 aliphatic carbocycles. The molecule has 0 spiro atoms. The highest BCUT2D eigenvalue weighted by Gasteiger charge is 2.21. The Hall–Kier alpha value is -1.52. The first-order valence-corrected chi connectivity index (χ1v) is 5.61. The summed E-state index contributed by atoms with van der Waals surface area (Å²) in [5.74, 6) is 0. The minimum atomic E-state index is 1.09. The lowest BCUT2D eigenvalue weighted by atomic mass is 10.0. The van der Waals surface area contributed by atoms with Crippen LogP contribution in [0.3, 0.4) is 0 Å². The highest BCUT2D eigenvalue weighted by atomic mass is 14.2. The summed E-state index contributed by atoms with van der Waals surface area (Å²) in [6.45, 7) is 6.18. The molecule has 76 valence electrons. The van der Waals surface area contributed by atoms with Crippen LogP contribution in [-0.2, 0) is 6.42 Å². The van der Waals surface area contributed by atoms with Crippen molar-refractivity contribution in [3.05, 3.63) is 58.3 Å². The summed E-state index contributed by atoms with van der Waals surface area (Å²) in [4.78, 5) is 0. The van der Waals surface area contributed by atoms with E-state index in [0.29, 0.717) is 0 Å². The van der Waals surface area contributed by atoms with Crippen LogP contribution in [0.4, 0.5) is 0 Å². The molecular formula is C15H16. The predicted molar refractivity (Wildman–Crippen MR) is 65.8 cm³/mol. The fraction of sp³-hybridized carbons (Fsp3) is 0.267. The monoisotopic (exact) mass is 196 g/mol. The highest BCUT2D eigenvalue weighted by molar-refractivity contribution is 5.87. The lowest BCUT2D eigenvalue weighted by Gasteiger charge is -2.04. The third-order valence-electron chi connectivity index (χ3n) is 2.84. The number of allylic oxidation sites excluding steroid dienone is 3. The number of benzene rings is 1. The van der Waals surface area contributed by atoms with Crippen molar-refractivity contribution in [2.45, 2.75) is 27.2 Å². The van der Waals surface area contributed by atoms with Crippen LogP contribution in [-0.4, -0.2) is 0 Å². The molecule has 0 aliphatic heterocycles. The quantitative estimate of drug-likeness (QED) is 0.549. The van der Waals surface area contributed by atoms with E-state index in [4.69, 9.17) is 0 Å². The van der Waals surface area contributed by atoms with Gasteiger partial charge in [-0.15, -0.1) is 5.73 Å². The predicted octanol–water partition coefficient (Wildman–Crippen LogP) is 4.06. The number of hydrogen-bond donors (Lipinski definition) is 0. The Bertz CT molecular complexity index is 481. The van der Waals surface area contributed by atoms with Crippen molar-refractivity contribution in [2.24, 2.45) is 0 Å². The summed E-state index contributed by atoms with van der Waals surface area (Å²) in [6, 6.07) is 6.55. The first-order chi connectivity index (χ1) is 7.36. The molecule has 1 aromatic rings. The molecule has 0 radical (unpaired) electrons. The molecule has 0 amide bonds. The molecule has 0 saturated heterocycles. The maximum absolute atomic E-state index is 3.17. The molecule has 0 aromatic heterocycles. The molecule has 0 atom stereocenters. The van der Waals surface area contributed by atoms with E-state index in [-0.39, 0.29) is 0 Å².